The molecule has 0 saturated carbocycles. The van der Waals surface area contributed by atoms with Crippen molar-refractivity contribution < 1.29 is 9.53 Å². The number of unbranched alkanes of at least 4 members (excludes halogenated alkanes) is 1. The summed E-state index contributed by atoms with van der Waals surface area (Å²) < 4.78 is 7.06. The van der Waals surface area contributed by atoms with Crippen LogP contribution in [0.5, 0.6) is 0 Å². The number of hydrogen-bond acceptors (Lipinski definition) is 3. The number of benzene rings is 1. The van der Waals surface area contributed by atoms with Crippen LogP contribution in [-0.2, 0) is 4.74 Å². The van der Waals surface area contributed by atoms with Gasteiger partial charge >= 0.3 is 0 Å². The second-order valence-corrected chi connectivity index (χ2v) is 5.93. The van der Waals surface area contributed by atoms with Crippen molar-refractivity contribution in [2.75, 3.05) is 19.8 Å². The van der Waals surface area contributed by atoms with Crippen molar-refractivity contribution >= 4 is 17.5 Å². The number of amides is 1. The zero-order valence-corrected chi connectivity index (χ0v) is 15.0. The van der Waals surface area contributed by atoms with Gasteiger partial charge in [0.15, 0.2) is 0 Å². The zero-order chi connectivity index (χ0) is 17.4. The molecule has 1 N–H and O–H groups in total. The third-order valence-corrected chi connectivity index (χ3v) is 3.97. The van der Waals surface area contributed by atoms with E-state index in [4.69, 9.17) is 16.3 Å². The third kappa shape index (κ3) is 4.82. The van der Waals surface area contributed by atoms with Crippen LogP contribution < -0.4 is 5.32 Å². The Bertz CT molecular complexity index is 656. The molecule has 0 radical (unpaired) electrons. The number of rotatable bonds is 9. The van der Waals surface area contributed by atoms with Crippen LogP contribution >= 0.6 is 11.6 Å². The molecule has 1 aromatic heterocycles. The third-order valence-electron chi connectivity index (χ3n) is 3.63. The zero-order valence-electron chi connectivity index (χ0n) is 14.2. The summed E-state index contributed by atoms with van der Waals surface area (Å²) in [7, 11) is 0. The Kier molecular flexibility index (Phi) is 7.28. The van der Waals surface area contributed by atoms with Crippen LogP contribution in [-0.4, -0.2) is 35.4 Å². The number of aryl methyl sites for hydroxylation is 1. The molecule has 2 aromatic rings. The fraction of sp³-hybridized carbons (Fsp3) is 0.444. The Morgan fingerprint density at radius 3 is 2.67 bits per heavy atom. The van der Waals surface area contributed by atoms with Gasteiger partial charge in [-0.1, -0.05) is 43.1 Å². The summed E-state index contributed by atoms with van der Waals surface area (Å²) in [5, 5.41) is 7.59. The van der Waals surface area contributed by atoms with E-state index in [9.17, 15) is 4.79 Å². The molecule has 5 nitrogen and oxygen atoms in total. The monoisotopic (exact) mass is 349 g/mol. The van der Waals surface area contributed by atoms with Gasteiger partial charge in [0.25, 0.3) is 5.91 Å². The number of para-hydroxylation sites is 1. The van der Waals surface area contributed by atoms with Gasteiger partial charge in [0.05, 0.1) is 16.9 Å². The smallest absolute Gasteiger partial charge is 0.256 e. The lowest BCUT2D eigenvalue weighted by molar-refractivity contribution is 0.0940. The predicted molar refractivity (Wildman–Crippen MR) is 96.0 cm³/mol. The second kappa shape index (κ2) is 9.45. The lowest BCUT2D eigenvalue weighted by atomic mass is 10.2. The van der Waals surface area contributed by atoms with Crippen LogP contribution in [0.1, 0.15) is 42.2 Å². The van der Waals surface area contributed by atoms with E-state index < -0.39 is 0 Å². The molecule has 0 unspecified atom stereocenters. The summed E-state index contributed by atoms with van der Waals surface area (Å²) >= 11 is 6.37. The summed E-state index contributed by atoms with van der Waals surface area (Å²) in [6, 6.07) is 9.52. The van der Waals surface area contributed by atoms with Crippen LogP contribution in [0.25, 0.3) is 5.69 Å². The Hall–Kier alpha value is -1.85. The standard InChI is InChI=1S/C18H24ClN3O2/c1-3-4-12-24-13-8-11-20-18(23)16-14(2)21-22(17(16)19)15-9-6-5-7-10-15/h5-7,9-10H,3-4,8,11-13H2,1-2H3,(H,20,23). The first-order valence-corrected chi connectivity index (χ1v) is 8.69. The van der Waals surface area contributed by atoms with Crippen molar-refractivity contribution in [3.8, 4) is 5.69 Å². The van der Waals surface area contributed by atoms with Crippen molar-refractivity contribution in [2.24, 2.45) is 0 Å². The maximum absolute atomic E-state index is 12.4. The average Bonchev–Trinajstić information content (AvgIpc) is 2.89. The SMILES string of the molecule is CCCCOCCCNC(=O)c1c(C)nn(-c2ccccc2)c1Cl. The van der Waals surface area contributed by atoms with E-state index >= 15 is 0 Å². The van der Waals surface area contributed by atoms with Gasteiger partial charge < -0.3 is 10.1 Å². The molecule has 1 aromatic carbocycles. The van der Waals surface area contributed by atoms with Crippen molar-refractivity contribution in [3.05, 3.63) is 46.7 Å². The predicted octanol–water partition coefficient (Wildman–Crippen LogP) is 3.77. The van der Waals surface area contributed by atoms with Crippen LogP contribution in [0.3, 0.4) is 0 Å². The lowest BCUT2D eigenvalue weighted by Crippen LogP contribution is -2.26. The molecule has 0 bridgehead atoms. The fourth-order valence-corrected chi connectivity index (χ4v) is 2.67. The molecule has 1 amide bonds. The highest BCUT2D eigenvalue weighted by molar-refractivity contribution is 6.33. The largest absolute Gasteiger partial charge is 0.381 e. The highest BCUT2D eigenvalue weighted by Crippen LogP contribution is 2.23. The quantitative estimate of drug-likeness (QED) is 0.701. The molecule has 0 atom stereocenters. The van der Waals surface area contributed by atoms with Gasteiger partial charge in [0.1, 0.15) is 5.15 Å². The summed E-state index contributed by atoms with van der Waals surface area (Å²) in [6.07, 6.45) is 2.97. The van der Waals surface area contributed by atoms with Crippen molar-refractivity contribution in [3.63, 3.8) is 0 Å². The van der Waals surface area contributed by atoms with E-state index in [2.05, 4.69) is 17.3 Å². The number of hydrogen-bond donors (Lipinski definition) is 1. The molecule has 0 aliphatic carbocycles. The van der Waals surface area contributed by atoms with Crippen molar-refractivity contribution in [2.45, 2.75) is 33.1 Å². The lowest BCUT2D eigenvalue weighted by Gasteiger charge is -2.06. The molecular formula is C18H24ClN3O2. The highest BCUT2D eigenvalue weighted by Gasteiger charge is 2.20. The van der Waals surface area contributed by atoms with Crippen LogP contribution in [0.2, 0.25) is 5.15 Å². The molecule has 0 saturated heterocycles. The van der Waals surface area contributed by atoms with E-state index in [0.29, 0.717) is 29.6 Å². The van der Waals surface area contributed by atoms with Gasteiger partial charge in [-0.05, 0) is 31.9 Å². The molecule has 2 rings (SSSR count). The highest BCUT2D eigenvalue weighted by atomic mass is 35.5. The van der Waals surface area contributed by atoms with Gasteiger partial charge in [-0.15, -0.1) is 0 Å². The molecule has 0 aliphatic rings. The Balaban J connectivity index is 1.92. The first-order valence-electron chi connectivity index (χ1n) is 8.31. The summed E-state index contributed by atoms with van der Waals surface area (Å²) in [6.45, 7) is 5.89. The molecule has 1 heterocycles. The number of aromatic nitrogens is 2. The van der Waals surface area contributed by atoms with E-state index in [1.54, 1.807) is 11.6 Å². The maximum Gasteiger partial charge on any atom is 0.256 e. The maximum atomic E-state index is 12.4. The van der Waals surface area contributed by atoms with Gasteiger partial charge in [-0.3, -0.25) is 4.79 Å². The fourth-order valence-electron chi connectivity index (χ4n) is 2.31. The minimum absolute atomic E-state index is 0.201. The van der Waals surface area contributed by atoms with Crippen molar-refractivity contribution in [1.82, 2.24) is 15.1 Å². The summed E-state index contributed by atoms with van der Waals surface area (Å²) in [4.78, 5) is 12.4. The molecule has 0 aliphatic heterocycles. The average molecular weight is 350 g/mol. The van der Waals surface area contributed by atoms with Crippen LogP contribution in [0, 0.1) is 6.92 Å². The van der Waals surface area contributed by atoms with Gasteiger partial charge in [-0.2, -0.15) is 5.10 Å². The number of carbonyl (C=O) groups excluding carboxylic acids is 1. The summed E-state index contributed by atoms with van der Waals surface area (Å²) in [5.41, 5.74) is 1.86. The van der Waals surface area contributed by atoms with E-state index in [1.807, 2.05) is 30.3 Å². The normalized spacial score (nSPS) is 10.8. The second-order valence-electron chi connectivity index (χ2n) is 5.57. The Morgan fingerprint density at radius 2 is 1.96 bits per heavy atom. The van der Waals surface area contributed by atoms with Gasteiger partial charge in [0.2, 0.25) is 0 Å². The van der Waals surface area contributed by atoms with Crippen LogP contribution in [0.4, 0.5) is 0 Å². The minimum atomic E-state index is -0.201. The van der Waals surface area contributed by atoms with E-state index in [1.165, 1.54) is 0 Å². The Morgan fingerprint density at radius 1 is 1.25 bits per heavy atom. The first kappa shape index (κ1) is 18.5. The van der Waals surface area contributed by atoms with Gasteiger partial charge in [0, 0.05) is 19.8 Å². The molecule has 24 heavy (non-hydrogen) atoms. The number of nitrogens with zero attached hydrogens (tertiary/aromatic N) is 2. The van der Waals surface area contributed by atoms with Crippen LogP contribution in [0.15, 0.2) is 30.3 Å². The number of ether oxygens (including phenoxy) is 1. The number of carbonyl (C=O) groups is 1. The van der Waals surface area contributed by atoms with Crippen molar-refractivity contribution in [1.29, 1.82) is 0 Å². The summed E-state index contributed by atoms with van der Waals surface area (Å²) in [5.74, 6) is -0.201. The molecular weight excluding hydrogens is 326 g/mol. The molecule has 6 heteroatoms. The first-order chi connectivity index (χ1) is 11.6. The molecule has 130 valence electrons. The van der Waals surface area contributed by atoms with E-state index in [0.717, 1.165) is 31.6 Å². The molecule has 0 spiro atoms. The minimum Gasteiger partial charge on any atom is -0.381 e. The van der Waals surface area contributed by atoms with Gasteiger partial charge in [-0.25, -0.2) is 4.68 Å². The van der Waals surface area contributed by atoms with E-state index in [-0.39, 0.29) is 5.91 Å². The topological polar surface area (TPSA) is 56.1 Å². The number of halogens is 1. The number of nitrogens with one attached hydrogen (secondary N) is 1. The molecule has 0 fully saturated rings. The Labute approximate surface area is 148 Å².